The zero-order valence-corrected chi connectivity index (χ0v) is 18.0. The predicted octanol–water partition coefficient (Wildman–Crippen LogP) is 4.93. The van der Waals surface area contributed by atoms with Crippen LogP contribution in [0, 0.1) is 11.3 Å². The van der Waals surface area contributed by atoms with Gasteiger partial charge in [0.2, 0.25) is 0 Å². The van der Waals surface area contributed by atoms with Crippen LogP contribution >= 0.6 is 15.9 Å². The molecule has 0 unspecified atom stereocenters. The van der Waals surface area contributed by atoms with Crippen LogP contribution in [0.25, 0.3) is 22.1 Å². The number of nitrogens with zero attached hydrogens (tertiary/aromatic N) is 5. The van der Waals surface area contributed by atoms with Gasteiger partial charge >= 0.3 is 5.69 Å². The quantitative estimate of drug-likeness (QED) is 0.405. The molecule has 150 valence electrons. The van der Waals surface area contributed by atoms with Crippen molar-refractivity contribution in [2.75, 3.05) is 0 Å². The molecule has 1 aliphatic rings. The van der Waals surface area contributed by atoms with Crippen molar-refractivity contribution in [2.24, 2.45) is 0 Å². The average Bonchev–Trinajstić information content (AvgIpc) is 3.06. The highest BCUT2D eigenvalue weighted by molar-refractivity contribution is 9.10. The lowest BCUT2D eigenvalue weighted by Crippen LogP contribution is -2.29. The number of hydrogen-bond donors (Lipinski definition) is 0. The monoisotopic (exact) mass is 461 g/mol. The highest BCUT2D eigenvalue weighted by atomic mass is 79.9. The van der Waals surface area contributed by atoms with E-state index in [9.17, 15) is 10.1 Å². The smallest absolute Gasteiger partial charge is 0.285 e. The summed E-state index contributed by atoms with van der Waals surface area (Å²) >= 11 is 3.57. The first kappa shape index (κ1) is 19.0. The molecule has 0 amide bonds. The summed E-state index contributed by atoms with van der Waals surface area (Å²) in [5.74, 6) is 0. The van der Waals surface area contributed by atoms with Gasteiger partial charge in [-0.25, -0.2) is 9.78 Å². The molecule has 1 aliphatic carbocycles. The van der Waals surface area contributed by atoms with Gasteiger partial charge in [-0.05, 0) is 52.5 Å². The molecule has 1 fully saturated rings. The molecular formula is C23H20BrN5O. The number of aromatic nitrogens is 4. The van der Waals surface area contributed by atoms with E-state index in [1.54, 1.807) is 16.8 Å². The molecule has 3 heterocycles. The van der Waals surface area contributed by atoms with Crippen molar-refractivity contribution in [1.29, 1.82) is 5.26 Å². The summed E-state index contributed by atoms with van der Waals surface area (Å²) in [6.45, 7) is 0.302. The van der Waals surface area contributed by atoms with Crippen LogP contribution in [0.2, 0.25) is 0 Å². The van der Waals surface area contributed by atoms with E-state index in [4.69, 9.17) is 4.98 Å². The number of pyridine rings is 2. The number of nitriles is 1. The van der Waals surface area contributed by atoms with Gasteiger partial charge < -0.3 is 0 Å². The molecule has 0 saturated heterocycles. The van der Waals surface area contributed by atoms with Crippen LogP contribution in [0.15, 0.2) is 52.0 Å². The largest absolute Gasteiger partial charge is 0.330 e. The minimum atomic E-state index is -0.0813. The van der Waals surface area contributed by atoms with Gasteiger partial charge in [0, 0.05) is 17.6 Å². The molecule has 0 radical (unpaired) electrons. The molecule has 3 aromatic heterocycles. The lowest BCUT2D eigenvalue weighted by Gasteiger charge is -2.23. The van der Waals surface area contributed by atoms with Crippen LogP contribution in [0.1, 0.15) is 49.3 Å². The number of halogens is 1. The first-order valence-corrected chi connectivity index (χ1v) is 11.0. The summed E-state index contributed by atoms with van der Waals surface area (Å²) in [6, 6.07) is 13.6. The third-order valence-corrected chi connectivity index (χ3v) is 6.61. The Morgan fingerprint density at radius 2 is 1.93 bits per heavy atom. The molecule has 0 aliphatic heterocycles. The van der Waals surface area contributed by atoms with Crippen LogP contribution in [-0.2, 0) is 6.54 Å². The molecule has 1 saturated carbocycles. The Balaban J connectivity index is 1.82. The van der Waals surface area contributed by atoms with Gasteiger partial charge in [-0.3, -0.25) is 14.1 Å². The van der Waals surface area contributed by atoms with Crippen molar-refractivity contribution in [1.82, 2.24) is 19.1 Å². The number of hydrogen-bond acceptors (Lipinski definition) is 4. The minimum Gasteiger partial charge on any atom is -0.285 e. The maximum Gasteiger partial charge on any atom is 0.330 e. The van der Waals surface area contributed by atoms with Gasteiger partial charge in [0.15, 0.2) is 5.65 Å². The predicted molar refractivity (Wildman–Crippen MR) is 119 cm³/mol. The van der Waals surface area contributed by atoms with E-state index < -0.39 is 0 Å². The van der Waals surface area contributed by atoms with Crippen molar-refractivity contribution < 1.29 is 0 Å². The fourth-order valence-corrected chi connectivity index (χ4v) is 5.04. The molecule has 6 nitrogen and oxygen atoms in total. The average molecular weight is 462 g/mol. The Morgan fingerprint density at radius 1 is 1.13 bits per heavy atom. The van der Waals surface area contributed by atoms with Crippen molar-refractivity contribution in [3.8, 4) is 6.07 Å². The zero-order chi connectivity index (χ0) is 20.7. The Hall–Kier alpha value is -2.98. The number of fused-ring (bicyclic) bond motifs is 3. The molecular weight excluding hydrogens is 442 g/mol. The van der Waals surface area contributed by atoms with E-state index >= 15 is 0 Å². The Labute approximate surface area is 181 Å². The van der Waals surface area contributed by atoms with E-state index in [-0.39, 0.29) is 11.7 Å². The van der Waals surface area contributed by atoms with Crippen LogP contribution in [0.3, 0.4) is 0 Å². The van der Waals surface area contributed by atoms with E-state index in [1.807, 2.05) is 34.9 Å². The Morgan fingerprint density at radius 3 is 2.73 bits per heavy atom. The molecule has 1 aromatic carbocycles. The first-order valence-electron chi connectivity index (χ1n) is 10.2. The molecule has 5 rings (SSSR count). The van der Waals surface area contributed by atoms with E-state index in [2.05, 4.69) is 27.0 Å². The lowest BCUT2D eigenvalue weighted by atomic mass is 9.95. The summed E-state index contributed by atoms with van der Waals surface area (Å²) in [5, 5.41) is 10.4. The van der Waals surface area contributed by atoms with Gasteiger partial charge in [0.25, 0.3) is 0 Å². The Bertz CT molecular complexity index is 1360. The molecule has 4 aromatic rings. The van der Waals surface area contributed by atoms with Crippen molar-refractivity contribution in [3.63, 3.8) is 0 Å². The van der Waals surface area contributed by atoms with Gasteiger partial charge in [-0.2, -0.15) is 5.26 Å². The fraction of sp³-hybridized carbons (Fsp3) is 0.304. The molecule has 0 bridgehead atoms. The third kappa shape index (κ3) is 3.03. The number of rotatable bonds is 3. The zero-order valence-electron chi connectivity index (χ0n) is 16.4. The molecule has 0 spiro atoms. The summed E-state index contributed by atoms with van der Waals surface area (Å²) < 4.78 is 4.28. The van der Waals surface area contributed by atoms with Gasteiger partial charge in [0.1, 0.15) is 15.6 Å². The second kappa shape index (κ2) is 7.69. The summed E-state index contributed by atoms with van der Waals surface area (Å²) in [7, 11) is 0. The SMILES string of the molecule is N#Cc1ccccc1Cn1c(=O)n(C2CCCCC2)c2c3ncccc3c(Br)nc21. The van der Waals surface area contributed by atoms with Crippen molar-refractivity contribution in [3.05, 3.63) is 68.8 Å². The molecule has 0 atom stereocenters. The van der Waals surface area contributed by atoms with E-state index in [0.29, 0.717) is 22.4 Å². The molecule has 30 heavy (non-hydrogen) atoms. The van der Waals surface area contributed by atoms with Crippen LogP contribution in [0.4, 0.5) is 0 Å². The molecule has 7 heteroatoms. The first-order chi connectivity index (χ1) is 14.7. The highest BCUT2D eigenvalue weighted by Crippen LogP contribution is 2.34. The second-order valence-electron chi connectivity index (χ2n) is 7.77. The fourth-order valence-electron chi connectivity index (χ4n) is 4.56. The minimum absolute atomic E-state index is 0.0813. The highest BCUT2D eigenvalue weighted by Gasteiger charge is 2.26. The van der Waals surface area contributed by atoms with E-state index in [1.165, 1.54) is 6.42 Å². The lowest BCUT2D eigenvalue weighted by molar-refractivity contribution is 0.351. The standard InChI is InChI=1S/C23H20BrN5O/c24-21-18-11-6-12-26-19(18)20-22(27-21)28(14-16-8-5-4-7-15(16)13-25)23(30)29(20)17-9-2-1-3-10-17/h4-8,11-12,17H,1-3,9-10,14H2. The summed E-state index contributed by atoms with van der Waals surface area (Å²) in [5.41, 5.74) is 3.48. The topological polar surface area (TPSA) is 76.5 Å². The van der Waals surface area contributed by atoms with Crippen molar-refractivity contribution in [2.45, 2.75) is 44.7 Å². The van der Waals surface area contributed by atoms with E-state index in [0.717, 1.165) is 47.7 Å². The third-order valence-electron chi connectivity index (χ3n) is 6.01. The summed E-state index contributed by atoms with van der Waals surface area (Å²) in [6.07, 6.45) is 7.18. The van der Waals surface area contributed by atoms with Crippen molar-refractivity contribution >= 4 is 38.0 Å². The maximum absolute atomic E-state index is 13.7. The van der Waals surface area contributed by atoms with Gasteiger partial charge in [0.05, 0.1) is 18.2 Å². The summed E-state index contributed by atoms with van der Waals surface area (Å²) in [4.78, 5) is 23.1. The van der Waals surface area contributed by atoms with Crippen LogP contribution < -0.4 is 5.69 Å². The Kier molecular flexibility index (Phi) is 4.87. The van der Waals surface area contributed by atoms with Gasteiger partial charge in [-0.1, -0.05) is 37.5 Å². The second-order valence-corrected chi connectivity index (χ2v) is 8.53. The van der Waals surface area contributed by atoms with Crippen LogP contribution in [-0.4, -0.2) is 19.1 Å². The maximum atomic E-state index is 13.7. The number of benzene rings is 1. The van der Waals surface area contributed by atoms with Crippen LogP contribution in [0.5, 0.6) is 0 Å². The number of imidazole rings is 1. The molecule has 0 N–H and O–H groups in total. The van der Waals surface area contributed by atoms with Gasteiger partial charge in [-0.15, -0.1) is 0 Å². The normalized spacial score (nSPS) is 14.9.